The zero-order chi connectivity index (χ0) is 19.8. The molecule has 1 aliphatic carbocycles. The first-order chi connectivity index (χ1) is 13.5. The molecule has 1 fully saturated rings. The molecular formula is C21H23BrN4O2. The molecule has 0 bridgehead atoms. The predicted molar refractivity (Wildman–Crippen MR) is 113 cm³/mol. The SMILES string of the molecule is CN(C)C(=O)c1c(Br)[nH]n2c(=O)cc(-c3ccc(C4CCCCC4)cc3)nc12. The van der Waals surface area contributed by atoms with Gasteiger partial charge in [-0.25, -0.2) is 4.98 Å². The Morgan fingerprint density at radius 2 is 1.86 bits per heavy atom. The summed E-state index contributed by atoms with van der Waals surface area (Å²) in [6, 6.07) is 9.84. The van der Waals surface area contributed by atoms with Crippen LogP contribution in [-0.4, -0.2) is 39.5 Å². The average Bonchev–Trinajstić information content (AvgIpc) is 3.04. The van der Waals surface area contributed by atoms with Gasteiger partial charge in [0.15, 0.2) is 5.65 Å². The predicted octanol–water partition coefficient (Wildman–Crippen LogP) is 4.20. The molecular weight excluding hydrogens is 420 g/mol. The maximum absolute atomic E-state index is 12.6. The number of nitrogens with zero attached hydrogens (tertiary/aromatic N) is 3. The lowest BCUT2D eigenvalue weighted by molar-refractivity contribution is 0.0828. The number of halogens is 1. The number of rotatable bonds is 3. The Kier molecular flexibility index (Phi) is 5.10. The summed E-state index contributed by atoms with van der Waals surface area (Å²) in [5.41, 5.74) is 3.22. The van der Waals surface area contributed by atoms with E-state index < -0.39 is 0 Å². The van der Waals surface area contributed by atoms with Crippen LogP contribution in [0.5, 0.6) is 0 Å². The van der Waals surface area contributed by atoms with E-state index in [1.165, 1.54) is 53.1 Å². The molecule has 2 heterocycles. The molecule has 6 nitrogen and oxygen atoms in total. The molecule has 0 radical (unpaired) electrons. The molecule has 1 amide bonds. The van der Waals surface area contributed by atoms with Crippen LogP contribution in [0.2, 0.25) is 0 Å². The largest absolute Gasteiger partial charge is 0.345 e. The molecule has 0 unspecified atom stereocenters. The zero-order valence-corrected chi connectivity index (χ0v) is 17.6. The number of nitrogens with one attached hydrogen (secondary N) is 1. The van der Waals surface area contributed by atoms with Crippen molar-refractivity contribution in [2.75, 3.05) is 14.1 Å². The van der Waals surface area contributed by atoms with Gasteiger partial charge in [0, 0.05) is 25.7 Å². The topological polar surface area (TPSA) is 70.5 Å². The number of hydrogen-bond acceptors (Lipinski definition) is 3. The van der Waals surface area contributed by atoms with Crippen LogP contribution in [0.15, 0.2) is 39.7 Å². The Morgan fingerprint density at radius 3 is 2.50 bits per heavy atom. The molecule has 146 valence electrons. The first-order valence-corrected chi connectivity index (χ1v) is 10.4. The van der Waals surface area contributed by atoms with Crippen molar-refractivity contribution in [1.82, 2.24) is 19.5 Å². The van der Waals surface area contributed by atoms with Gasteiger partial charge in [-0.15, -0.1) is 0 Å². The smallest absolute Gasteiger partial charge is 0.273 e. The van der Waals surface area contributed by atoms with Crippen molar-refractivity contribution < 1.29 is 4.79 Å². The van der Waals surface area contributed by atoms with Gasteiger partial charge >= 0.3 is 0 Å². The molecule has 3 aromatic rings. The summed E-state index contributed by atoms with van der Waals surface area (Å²) >= 11 is 3.34. The van der Waals surface area contributed by atoms with Gasteiger partial charge in [-0.05, 0) is 40.3 Å². The number of carbonyl (C=O) groups excluding carboxylic acids is 1. The Morgan fingerprint density at radius 1 is 1.18 bits per heavy atom. The Bertz CT molecular complexity index is 1080. The highest BCUT2D eigenvalue weighted by atomic mass is 79.9. The fraction of sp³-hybridized carbons (Fsp3) is 0.381. The molecule has 2 aromatic heterocycles. The van der Waals surface area contributed by atoms with Gasteiger partial charge in [0.2, 0.25) is 0 Å². The monoisotopic (exact) mass is 442 g/mol. The van der Waals surface area contributed by atoms with E-state index in [0.29, 0.717) is 27.4 Å². The van der Waals surface area contributed by atoms with E-state index in [9.17, 15) is 9.59 Å². The number of carbonyl (C=O) groups is 1. The van der Waals surface area contributed by atoms with Crippen molar-refractivity contribution >= 4 is 27.5 Å². The highest BCUT2D eigenvalue weighted by molar-refractivity contribution is 9.10. The van der Waals surface area contributed by atoms with Crippen LogP contribution >= 0.6 is 15.9 Å². The molecule has 0 spiro atoms. The maximum atomic E-state index is 12.6. The van der Waals surface area contributed by atoms with Crippen LogP contribution < -0.4 is 5.56 Å². The minimum atomic E-state index is -0.255. The molecule has 0 aliphatic heterocycles. The summed E-state index contributed by atoms with van der Waals surface area (Å²) in [5, 5.41) is 2.87. The van der Waals surface area contributed by atoms with Gasteiger partial charge in [0.25, 0.3) is 11.5 Å². The van der Waals surface area contributed by atoms with Crippen molar-refractivity contribution in [2.24, 2.45) is 0 Å². The molecule has 1 N–H and O–H groups in total. The Hall–Kier alpha value is -2.41. The van der Waals surface area contributed by atoms with Crippen molar-refractivity contribution in [3.8, 4) is 11.3 Å². The molecule has 1 saturated carbocycles. The van der Waals surface area contributed by atoms with E-state index >= 15 is 0 Å². The normalized spacial score (nSPS) is 15.1. The summed E-state index contributed by atoms with van der Waals surface area (Å²) in [7, 11) is 3.34. The first-order valence-electron chi connectivity index (χ1n) is 9.59. The second kappa shape index (κ2) is 7.54. The number of H-pyrrole nitrogens is 1. The van der Waals surface area contributed by atoms with Gasteiger partial charge in [-0.2, -0.15) is 4.52 Å². The molecule has 7 heteroatoms. The quantitative estimate of drug-likeness (QED) is 0.660. The van der Waals surface area contributed by atoms with Crippen molar-refractivity contribution in [2.45, 2.75) is 38.0 Å². The van der Waals surface area contributed by atoms with E-state index in [1.54, 1.807) is 14.1 Å². The van der Waals surface area contributed by atoms with Crippen molar-refractivity contribution in [3.63, 3.8) is 0 Å². The van der Waals surface area contributed by atoms with Crippen LogP contribution in [0.4, 0.5) is 0 Å². The number of aromatic amines is 1. The van der Waals surface area contributed by atoms with Gasteiger partial charge < -0.3 is 4.90 Å². The van der Waals surface area contributed by atoms with Crippen molar-refractivity contribution in [3.05, 3.63) is 56.4 Å². The zero-order valence-electron chi connectivity index (χ0n) is 16.0. The molecule has 1 aromatic carbocycles. The highest BCUT2D eigenvalue weighted by Crippen LogP contribution is 2.33. The molecule has 28 heavy (non-hydrogen) atoms. The van der Waals surface area contributed by atoms with Gasteiger partial charge in [-0.3, -0.25) is 14.7 Å². The molecule has 0 saturated heterocycles. The lowest BCUT2D eigenvalue weighted by atomic mass is 9.84. The fourth-order valence-corrected chi connectivity index (χ4v) is 4.46. The number of hydrogen-bond donors (Lipinski definition) is 1. The fourth-order valence-electron chi connectivity index (χ4n) is 3.93. The van der Waals surface area contributed by atoms with Gasteiger partial charge in [0.1, 0.15) is 10.2 Å². The Balaban J connectivity index is 1.75. The Labute approximate surface area is 171 Å². The third kappa shape index (κ3) is 3.39. The first kappa shape index (κ1) is 18.9. The van der Waals surface area contributed by atoms with E-state index in [1.807, 2.05) is 12.1 Å². The van der Waals surface area contributed by atoms with Gasteiger partial charge in [0.05, 0.1) is 5.69 Å². The molecule has 0 atom stereocenters. The standard InChI is InChI=1S/C21H23BrN4O2/c1-25(2)21(28)18-19(22)24-26-17(27)12-16(23-20(18)26)15-10-8-14(9-11-15)13-6-4-3-5-7-13/h8-13,24H,3-7H2,1-2H3. The number of amides is 1. The third-order valence-electron chi connectivity index (χ3n) is 5.47. The van der Waals surface area contributed by atoms with Crippen molar-refractivity contribution in [1.29, 1.82) is 0 Å². The van der Waals surface area contributed by atoms with Crippen LogP contribution in [0.3, 0.4) is 0 Å². The highest BCUT2D eigenvalue weighted by Gasteiger charge is 2.22. The maximum Gasteiger partial charge on any atom is 0.273 e. The number of aromatic nitrogens is 3. The lowest BCUT2D eigenvalue weighted by Gasteiger charge is -2.22. The second-order valence-corrected chi connectivity index (χ2v) is 8.39. The van der Waals surface area contributed by atoms with E-state index in [4.69, 9.17) is 0 Å². The lowest BCUT2D eigenvalue weighted by Crippen LogP contribution is -2.22. The van der Waals surface area contributed by atoms with E-state index in [2.05, 4.69) is 38.1 Å². The summed E-state index contributed by atoms with van der Waals surface area (Å²) < 4.78 is 1.74. The summed E-state index contributed by atoms with van der Waals surface area (Å²) in [6.45, 7) is 0. The number of benzene rings is 1. The van der Waals surface area contributed by atoms with E-state index in [-0.39, 0.29) is 11.5 Å². The van der Waals surface area contributed by atoms with Crippen LogP contribution in [0, 0.1) is 0 Å². The molecule has 4 rings (SSSR count). The molecule has 1 aliphatic rings. The summed E-state index contributed by atoms with van der Waals surface area (Å²) in [5.74, 6) is 0.413. The third-order valence-corrected chi connectivity index (χ3v) is 6.05. The van der Waals surface area contributed by atoms with Gasteiger partial charge in [-0.1, -0.05) is 43.5 Å². The van der Waals surface area contributed by atoms with Crippen LogP contribution in [0.25, 0.3) is 16.9 Å². The summed E-state index contributed by atoms with van der Waals surface area (Å²) in [6.07, 6.45) is 6.43. The summed E-state index contributed by atoms with van der Waals surface area (Å²) in [4.78, 5) is 31.2. The number of fused-ring (bicyclic) bond motifs is 1. The van der Waals surface area contributed by atoms with E-state index in [0.717, 1.165) is 5.56 Å². The average molecular weight is 443 g/mol. The second-order valence-electron chi connectivity index (χ2n) is 7.60. The van der Waals surface area contributed by atoms with Crippen LogP contribution in [0.1, 0.15) is 53.9 Å². The van der Waals surface area contributed by atoms with Crippen LogP contribution in [-0.2, 0) is 0 Å². The minimum Gasteiger partial charge on any atom is -0.345 e. The minimum absolute atomic E-state index is 0.220.